The molecule has 2 nitrogen and oxygen atoms in total. The van der Waals surface area contributed by atoms with Crippen LogP contribution in [0.1, 0.15) is 79.6 Å². The zero-order valence-electron chi connectivity index (χ0n) is 19.9. The van der Waals surface area contributed by atoms with Crippen LogP contribution in [-0.4, -0.2) is 22.4 Å². The second kappa shape index (κ2) is 9.57. The molecule has 2 unspecified atom stereocenters. The van der Waals surface area contributed by atoms with E-state index in [2.05, 4.69) is 65.5 Å². The van der Waals surface area contributed by atoms with Crippen LogP contribution in [-0.2, 0) is 0 Å². The van der Waals surface area contributed by atoms with E-state index >= 15 is 0 Å². The first kappa shape index (κ1) is 23.5. The van der Waals surface area contributed by atoms with Gasteiger partial charge in [0.2, 0.25) is 0 Å². The molecule has 0 heterocycles. The average Bonchev–Trinajstić information content (AvgIpc) is 3.04. The SMILES string of the molecule is C=C1/C(=C\C=C2/CCC[C@@]3(C)C2CC[C@@H]3[C@H](C)/C=C/[C@H](C)C(C)C)C[C@@H](O)CC1O. The molecule has 2 N–H and O–H groups in total. The predicted molar refractivity (Wildman–Crippen MR) is 127 cm³/mol. The molecule has 0 radical (unpaired) electrons. The molecule has 0 spiro atoms. The summed E-state index contributed by atoms with van der Waals surface area (Å²) < 4.78 is 0. The molecule has 0 aromatic rings. The highest BCUT2D eigenvalue weighted by molar-refractivity contribution is 5.38. The van der Waals surface area contributed by atoms with Gasteiger partial charge in [0, 0.05) is 6.42 Å². The third kappa shape index (κ3) is 4.86. The highest BCUT2D eigenvalue weighted by atomic mass is 16.3. The maximum absolute atomic E-state index is 10.1. The van der Waals surface area contributed by atoms with Crippen LogP contribution < -0.4 is 0 Å². The third-order valence-corrected chi connectivity index (χ3v) is 8.71. The molecule has 0 bridgehead atoms. The number of hydrogen-bond donors (Lipinski definition) is 2. The monoisotopic (exact) mass is 412 g/mol. The number of aliphatic hydroxyl groups is 2. The molecular weight excluding hydrogens is 368 g/mol. The van der Waals surface area contributed by atoms with Gasteiger partial charge in [-0.25, -0.2) is 0 Å². The summed E-state index contributed by atoms with van der Waals surface area (Å²) >= 11 is 0. The van der Waals surface area contributed by atoms with Gasteiger partial charge in [0.05, 0.1) is 12.2 Å². The number of hydrogen-bond acceptors (Lipinski definition) is 2. The number of aliphatic hydroxyl groups excluding tert-OH is 2. The summed E-state index contributed by atoms with van der Waals surface area (Å²) in [4.78, 5) is 0. The van der Waals surface area contributed by atoms with Gasteiger partial charge in [0.1, 0.15) is 0 Å². The Morgan fingerprint density at radius 3 is 2.50 bits per heavy atom. The van der Waals surface area contributed by atoms with E-state index in [1.807, 2.05) is 0 Å². The second-order valence-corrected chi connectivity index (χ2v) is 11.0. The third-order valence-electron chi connectivity index (χ3n) is 8.71. The summed E-state index contributed by atoms with van der Waals surface area (Å²) in [6.07, 6.45) is 15.8. The van der Waals surface area contributed by atoms with E-state index < -0.39 is 12.2 Å². The quantitative estimate of drug-likeness (QED) is 0.499. The standard InChI is InChI=1S/C28H44O2/c1-18(2)19(3)9-10-20(4)25-13-14-26-22(8-7-15-28(25,26)6)11-12-23-16-24(29)17-27(30)21(23)5/h9-12,18-20,24-27,29-30H,5,7-8,13-17H2,1-4,6H3/b10-9+,22-11+,23-12-/t19-,20+,24+,25+,26?,27?,28+/m0/s1. The largest absolute Gasteiger partial charge is 0.393 e. The van der Waals surface area contributed by atoms with Crippen molar-refractivity contribution in [2.75, 3.05) is 0 Å². The number of allylic oxidation sites excluding steroid dienone is 5. The minimum atomic E-state index is -0.605. The first-order valence-corrected chi connectivity index (χ1v) is 12.3. The molecule has 0 aliphatic heterocycles. The van der Waals surface area contributed by atoms with Crippen LogP contribution >= 0.6 is 0 Å². The highest BCUT2D eigenvalue weighted by Gasteiger charge is 2.50. The van der Waals surface area contributed by atoms with E-state index in [1.54, 1.807) is 5.57 Å². The molecule has 0 saturated heterocycles. The maximum atomic E-state index is 10.1. The maximum Gasteiger partial charge on any atom is 0.0811 e. The van der Waals surface area contributed by atoms with E-state index in [0.29, 0.717) is 41.9 Å². The van der Waals surface area contributed by atoms with Crippen molar-refractivity contribution in [3.05, 3.63) is 47.6 Å². The van der Waals surface area contributed by atoms with Gasteiger partial charge in [0.25, 0.3) is 0 Å². The molecule has 3 saturated carbocycles. The van der Waals surface area contributed by atoms with Crippen LogP contribution in [0.25, 0.3) is 0 Å². The zero-order valence-corrected chi connectivity index (χ0v) is 19.9. The summed E-state index contributed by atoms with van der Waals surface area (Å²) in [6, 6.07) is 0. The lowest BCUT2D eigenvalue weighted by Crippen LogP contribution is -2.35. The molecule has 0 aromatic heterocycles. The van der Waals surface area contributed by atoms with Gasteiger partial charge in [-0.05, 0) is 84.7 Å². The fourth-order valence-electron chi connectivity index (χ4n) is 6.32. The molecule has 3 rings (SSSR count). The topological polar surface area (TPSA) is 40.5 Å². The molecule has 30 heavy (non-hydrogen) atoms. The molecule has 0 aromatic carbocycles. The minimum absolute atomic E-state index is 0.385. The second-order valence-electron chi connectivity index (χ2n) is 11.0. The van der Waals surface area contributed by atoms with Crippen molar-refractivity contribution in [3.63, 3.8) is 0 Å². The molecule has 3 aliphatic carbocycles. The molecular formula is C28H44O2. The van der Waals surface area contributed by atoms with Gasteiger partial charge < -0.3 is 10.2 Å². The van der Waals surface area contributed by atoms with Gasteiger partial charge in [0.15, 0.2) is 0 Å². The predicted octanol–water partition coefficient (Wildman–Crippen LogP) is 6.61. The Morgan fingerprint density at radius 1 is 1.07 bits per heavy atom. The first-order valence-electron chi connectivity index (χ1n) is 12.3. The van der Waals surface area contributed by atoms with E-state index in [1.165, 1.54) is 32.1 Å². The first-order chi connectivity index (χ1) is 14.1. The van der Waals surface area contributed by atoms with Crippen molar-refractivity contribution >= 4 is 0 Å². The van der Waals surface area contributed by atoms with Crippen molar-refractivity contribution in [2.24, 2.45) is 35.0 Å². The fraction of sp³-hybridized carbons (Fsp3) is 0.714. The highest BCUT2D eigenvalue weighted by Crippen LogP contribution is 2.59. The molecule has 168 valence electrons. The van der Waals surface area contributed by atoms with Crippen LogP contribution in [0.5, 0.6) is 0 Å². The lowest BCUT2D eigenvalue weighted by Gasteiger charge is -2.44. The summed E-state index contributed by atoms with van der Waals surface area (Å²) in [6.45, 7) is 16.0. The van der Waals surface area contributed by atoms with Crippen molar-refractivity contribution in [1.29, 1.82) is 0 Å². The molecule has 0 amide bonds. The number of rotatable bonds is 5. The summed E-state index contributed by atoms with van der Waals surface area (Å²) in [5.41, 5.74) is 3.77. The fourth-order valence-corrected chi connectivity index (χ4v) is 6.32. The van der Waals surface area contributed by atoms with Gasteiger partial charge in [-0.1, -0.05) is 71.1 Å². The summed E-state index contributed by atoms with van der Waals surface area (Å²) in [5, 5.41) is 20.2. The Bertz CT molecular complexity index is 712. The van der Waals surface area contributed by atoms with E-state index in [0.717, 1.165) is 17.1 Å². The summed E-state index contributed by atoms with van der Waals surface area (Å²) in [7, 11) is 0. The van der Waals surface area contributed by atoms with Crippen LogP contribution in [0.3, 0.4) is 0 Å². The van der Waals surface area contributed by atoms with Gasteiger partial charge in [-0.15, -0.1) is 0 Å². The van der Waals surface area contributed by atoms with Crippen molar-refractivity contribution < 1.29 is 10.2 Å². The normalized spacial score (nSPS) is 39.8. The van der Waals surface area contributed by atoms with Crippen LogP contribution in [0.15, 0.2) is 47.6 Å². The molecule has 2 heteroatoms. The lowest BCUT2D eigenvalue weighted by atomic mass is 9.61. The molecule has 3 fully saturated rings. The Kier molecular flexibility index (Phi) is 7.51. The van der Waals surface area contributed by atoms with E-state index in [-0.39, 0.29) is 0 Å². The Balaban J connectivity index is 1.76. The van der Waals surface area contributed by atoms with Crippen molar-refractivity contribution in [1.82, 2.24) is 0 Å². The molecule has 3 aliphatic rings. The summed E-state index contributed by atoms with van der Waals surface area (Å²) in [5.74, 6) is 3.38. The van der Waals surface area contributed by atoms with E-state index in [4.69, 9.17) is 0 Å². The zero-order chi connectivity index (χ0) is 22.1. The van der Waals surface area contributed by atoms with Gasteiger partial charge >= 0.3 is 0 Å². The van der Waals surface area contributed by atoms with Gasteiger partial charge in [-0.2, -0.15) is 0 Å². The van der Waals surface area contributed by atoms with Crippen molar-refractivity contribution in [2.45, 2.75) is 91.8 Å². The average molecular weight is 413 g/mol. The smallest absolute Gasteiger partial charge is 0.0811 e. The van der Waals surface area contributed by atoms with E-state index in [9.17, 15) is 10.2 Å². The van der Waals surface area contributed by atoms with Crippen molar-refractivity contribution in [3.8, 4) is 0 Å². The Morgan fingerprint density at radius 2 is 1.80 bits per heavy atom. The van der Waals surface area contributed by atoms with Crippen LogP contribution in [0.4, 0.5) is 0 Å². The Labute approximate surface area is 184 Å². The lowest BCUT2D eigenvalue weighted by molar-refractivity contribution is 0.0862. The number of fused-ring (bicyclic) bond motifs is 1. The molecule has 7 atom stereocenters. The van der Waals surface area contributed by atoms with Crippen LogP contribution in [0.2, 0.25) is 0 Å². The Hall–Kier alpha value is -1.12. The minimum Gasteiger partial charge on any atom is -0.393 e. The van der Waals surface area contributed by atoms with Crippen LogP contribution in [0, 0.1) is 35.0 Å². The van der Waals surface area contributed by atoms with Gasteiger partial charge in [-0.3, -0.25) is 0 Å².